The predicted octanol–water partition coefficient (Wildman–Crippen LogP) is 2.93. The highest BCUT2D eigenvalue weighted by Gasteiger charge is 2.39. The van der Waals surface area contributed by atoms with Crippen molar-refractivity contribution in [1.82, 2.24) is 24.2 Å². The Kier molecular flexibility index (Phi) is 6.91. The topological polar surface area (TPSA) is 118 Å². The third-order valence-electron chi connectivity index (χ3n) is 8.60. The van der Waals surface area contributed by atoms with Crippen molar-refractivity contribution in [2.75, 3.05) is 49.6 Å². The fourth-order valence-electron chi connectivity index (χ4n) is 5.89. The zero-order valence-electron chi connectivity index (χ0n) is 23.5. The summed E-state index contributed by atoms with van der Waals surface area (Å²) < 4.78 is 8.56. The molecular weight excluding hydrogens is 534 g/mol. The molecule has 3 aliphatic rings. The van der Waals surface area contributed by atoms with Gasteiger partial charge >= 0.3 is 0 Å². The molecule has 7 rings (SSSR count). The Morgan fingerprint density at radius 1 is 0.952 bits per heavy atom. The molecule has 1 saturated carbocycles. The first kappa shape index (κ1) is 26.7. The molecule has 0 bridgehead atoms. The number of aromatic nitrogens is 4. The van der Waals surface area contributed by atoms with Gasteiger partial charge in [0.05, 0.1) is 37.2 Å². The summed E-state index contributed by atoms with van der Waals surface area (Å²) in [4.78, 5) is 34.4. The molecule has 2 aromatic heterocycles. The van der Waals surface area contributed by atoms with E-state index in [0.717, 1.165) is 56.2 Å². The normalized spacial score (nSPS) is 18.8. The molecule has 0 spiro atoms. The van der Waals surface area contributed by atoms with Crippen LogP contribution in [0.2, 0.25) is 0 Å². The van der Waals surface area contributed by atoms with Crippen molar-refractivity contribution in [1.29, 1.82) is 0 Å². The van der Waals surface area contributed by atoms with E-state index in [9.17, 15) is 14.7 Å². The Labute approximate surface area is 243 Å². The Morgan fingerprint density at radius 3 is 2.24 bits per heavy atom. The van der Waals surface area contributed by atoms with Crippen LogP contribution >= 0.6 is 0 Å². The SMILES string of the molecule is O=C(C1CC1)N1CCC(O)(Cn2cnc3c(cnn3-c3ccc(Nc4ccc(N5CCOCC5)cc4)cc3)c2=O)CC1. The summed E-state index contributed by atoms with van der Waals surface area (Å²) >= 11 is 0. The van der Waals surface area contributed by atoms with Gasteiger partial charge in [-0.1, -0.05) is 0 Å². The minimum Gasteiger partial charge on any atom is -0.388 e. The highest BCUT2D eigenvalue weighted by atomic mass is 16.5. The number of aliphatic hydroxyl groups is 1. The van der Waals surface area contributed by atoms with E-state index >= 15 is 0 Å². The zero-order valence-corrected chi connectivity index (χ0v) is 23.5. The van der Waals surface area contributed by atoms with E-state index in [0.29, 0.717) is 37.0 Å². The van der Waals surface area contributed by atoms with Crippen molar-refractivity contribution < 1.29 is 14.6 Å². The average Bonchev–Trinajstić information content (AvgIpc) is 3.79. The Bertz CT molecular complexity index is 1630. The Balaban J connectivity index is 1.02. The van der Waals surface area contributed by atoms with Gasteiger partial charge in [0.1, 0.15) is 11.7 Å². The second-order valence-electron chi connectivity index (χ2n) is 11.6. The standard InChI is InChI=1S/C31H35N7O4/c39-29(22-1-2-22)36-13-11-31(41,12-14-36)20-37-21-32-28-27(30(37)40)19-33-38(28)26-9-5-24(6-10-26)34-23-3-7-25(8-4-23)35-15-17-42-18-16-35/h3-10,19,21-22,34,41H,1-2,11-18,20H2. The fourth-order valence-corrected chi connectivity index (χ4v) is 5.89. The lowest BCUT2D eigenvalue weighted by atomic mass is 9.91. The third kappa shape index (κ3) is 5.37. The second-order valence-corrected chi connectivity index (χ2v) is 11.6. The molecule has 2 aromatic carbocycles. The van der Waals surface area contributed by atoms with Gasteiger partial charge in [0.15, 0.2) is 5.65 Å². The van der Waals surface area contributed by atoms with Crippen LogP contribution in [0.15, 0.2) is 65.8 Å². The van der Waals surface area contributed by atoms with Crippen LogP contribution in [0.1, 0.15) is 25.7 Å². The number of amides is 1. The summed E-state index contributed by atoms with van der Waals surface area (Å²) in [6.07, 6.45) is 5.84. The highest BCUT2D eigenvalue weighted by Crippen LogP contribution is 2.33. The smallest absolute Gasteiger partial charge is 0.264 e. The average molecular weight is 570 g/mol. The van der Waals surface area contributed by atoms with Gasteiger partial charge in [-0.25, -0.2) is 9.67 Å². The minimum absolute atomic E-state index is 0.138. The molecule has 11 heteroatoms. The lowest BCUT2D eigenvalue weighted by molar-refractivity contribution is -0.137. The monoisotopic (exact) mass is 569 g/mol. The van der Waals surface area contributed by atoms with Gasteiger partial charge in [-0.15, -0.1) is 0 Å². The molecule has 2 aliphatic heterocycles. The van der Waals surface area contributed by atoms with E-state index in [2.05, 4.69) is 44.6 Å². The number of fused-ring (bicyclic) bond motifs is 1. The first-order valence-electron chi connectivity index (χ1n) is 14.7. The molecule has 0 unspecified atom stereocenters. The molecule has 2 N–H and O–H groups in total. The minimum atomic E-state index is -1.05. The molecule has 4 aromatic rings. The van der Waals surface area contributed by atoms with Crippen LogP contribution < -0.4 is 15.8 Å². The zero-order chi connectivity index (χ0) is 28.7. The number of hydrogen-bond donors (Lipinski definition) is 2. The molecule has 4 heterocycles. The maximum atomic E-state index is 13.3. The fraction of sp³-hybridized carbons (Fsp3) is 0.419. The number of carbonyl (C=O) groups excluding carboxylic acids is 1. The number of anilines is 3. The number of likely N-dealkylation sites (tertiary alicyclic amines) is 1. The number of benzene rings is 2. The van der Waals surface area contributed by atoms with Crippen molar-refractivity contribution in [3.05, 3.63) is 71.4 Å². The summed E-state index contributed by atoms with van der Waals surface area (Å²) in [6.45, 7) is 4.50. The summed E-state index contributed by atoms with van der Waals surface area (Å²) in [5.41, 5.74) is 3.07. The van der Waals surface area contributed by atoms with E-state index in [1.165, 1.54) is 22.8 Å². The van der Waals surface area contributed by atoms with Crippen molar-refractivity contribution in [2.45, 2.75) is 37.8 Å². The number of ether oxygens (including phenoxy) is 1. The molecule has 0 radical (unpaired) electrons. The van der Waals surface area contributed by atoms with E-state index in [-0.39, 0.29) is 23.9 Å². The van der Waals surface area contributed by atoms with E-state index < -0.39 is 5.60 Å². The van der Waals surface area contributed by atoms with Crippen LogP contribution in [0.5, 0.6) is 0 Å². The summed E-state index contributed by atoms with van der Waals surface area (Å²) in [7, 11) is 0. The first-order valence-corrected chi connectivity index (χ1v) is 14.7. The van der Waals surface area contributed by atoms with Gasteiger partial charge in [0, 0.05) is 49.2 Å². The molecule has 2 saturated heterocycles. The maximum absolute atomic E-state index is 13.3. The van der Waals surface area contributed by atoms with Crippen molar-refractivity contribution in [2.24, 2.45) is 5.92 Å². The van der Waals surface area contributed by atoms with Crippen molar-refractivity contribution in [3.8, 4) is 5.69 Å². The van der Waals surface area contributed by atoms with E-state index in [1.54, 1.807) is 4.68 Å². The summed E-state index contributed by atoms with van der Waals surface area (Å²) in [6, 6.07) is 16.2. The molecule has 218 valence electrons. The van der Waals surface area contributed by atoms with Crippen LogP contribution in [-0.2, 0) is 16.1 Å². The molecule has 42 heavy (non-hydrogen) atoms. The lowest BCUT2D eigenvalue weighted by Gasteiger charge is -2.38. The molecule has 11 nitrogen and oxygen atoms in total. The number of nitrogens with zero attached hydrogens (tertiary/aromatic N) is 6. The Hall–Kier alpha value is -4.22. The van der Waals surface area contributed by atoms with Gasteiger partial charge in [0.25, 0.3) is 5.56 Å². The van der Waals surface area contributed by atoms with Crippen molar-refractivity contribution >= 4 is 34.0 Å². The van der Waals surface area contributed by atoms with E-state index in [4.69, 9.17) is 4.74 Å². The number of nitrogens with one attached hydrogen (secondary N) is 1. The number of rotatable bonds is 7. The van der Waals surface area contributed by atoms with Gasteiger partial charge < -0.3 is 25.0 Å². The van der Waals surface area contributed by atoms with Gasteiger partial charge in [-0.05, 0) is 74.2 Å². The van der Waals surface area contributed by atoms with Crippen LogP contribution in [0.3, 0.4) is 0 Å². The number of carbonyl (C=O) groups is 1. The van der Waals surface area contributed by atoms with E-state index in [1.807, 2.05) is 29.2 Å². The van der Waals surface area contributed by atoms with Gasteiger partial charge in [0.2, 0.25) is 5.91 Å². The van der Waals surface area contributed by atoms with Gasteiger partial charge in [-0.2, -0.15) is 5.10 Å². The molecular formula is C31H35N7O4. The number of piperidine rings is 1. The van der Waals surface area contributed by atoms with Crippen LogP contribution in [0.4, 0.5) is 17.1 Å². The lowest BCUT2D eigenvalue weighted by Crippen LogP contribution is -2.50. The van der Waals surface area contributed by atoms with Crippen LogP contribution in [0, 0.1) is 5.92 Å². The number of hydrogen-bond acceptors (Lipinski definition) is 8. The van der Waals surface area contributed by atoms with Gasteiger partial charge in [-0.3, -0.25) is 14.2 Å². The largest absolute Gasteiger partial charge is 0.388 e. The van der Waals surface area contributed by atoms with Crippen LogP contribution in [-0.4, -0.2) is 80.2 Å². The quantitative estimate of drug-likeness (QED) is 0.349. The Morgan fingerprint density at radius 2 is 1.60 bits per heavy atom. The second kappa shape index (κ2) is 10.9. The molecule has 1 aliphatic carbocycles. The molecule has 1 amide bonds. The highest BCUT2D eigenvalue weighted by molar-refractivity contribution is 5.81. The van der Waals surface area contributed by atoms with Crippen molar-refractivity contribution in [3.63, 3.8) is 0 Å². The summed E-state index contributed by atoms with van der Waals surface area (Å²) in [5.74, 6) is 0.374. The van der Waals surface area contributed by atoms with Crippen LogP contribution in [0.25, 0.3) is 16.7 Å². The third-order valence-corrected chi connectivity index (χ3v) is 8.60. The maximum Gasteiger partial charge on any atom is 0.264 e. The predicted molar refractivity (Wildman–Crippen MR) is 159 cm³/mol. The molecule has 0 atom stereocenters. The summed E-state index contributed by atoms with van der Waals surface area (Å²) in [5, 5.41) is 19.5. The number of morpholine rings is 1. The first-order chi connectivity index (χ1) is 20.5. The molecule has 3 fully saturated rings.